The number of rotatable bonds is 20. The quantitative estimate of drug-likeness (QED) is 0.0747. The fourth-order valence-electron chi connectivity index (χ4n) is 6.71. The van der Waals surface area contributed by atoms with Gasteiger partial charge >= 0.3 is 0 Å². The van der Waals surface area contributed by atoms with Crippen molar-refractivity contribution < 1.29 is 4.57 Å². The molecule has 42 heavy (non-hydrogen) atoms. The maximum atomic E-state index is 2.53. The van der Waals surface area contributed by atoms with Crippen LogP contribution in [0.3, 0.4) is 0 Å². The van der Waals surface area contributed by atoms with E-state index in [4.69, 9.17) is 0 Å². The number of aromatic nitrogens is 2. The summed E-state index contributed by atoms with van der Waals surface area (Å²) in [6, 6.07) is 33.5. The third-order valence-corrected chi connectivity index (χ3v) is 9.19. The van der Waals surface area contributed by atoms with Gasteiger partial charge in [0.1, 0.15) is 25.0 Å². The number of imidazole rings is 1. The van der Waals surface area contributed by atoms with Gasteiger partial charge in [-0.25, -0.2) is 9.13 Å². The van der Waals surface area contributed by atoms with Crippen molar-refractivity contribution in [1.29, 1.82) is 0 Å². The molecule has 2 atom stereocenters. The first kappa shape index (κ1) is 31.8. The van der Waals surface area contributed by atoms with Gasteiger partial charge in [0.15, 0.2) is 0 Å². The molecule has 1 heterocycles. The van der Waals surface area contributed by atoms with Crippen LogP contribution in [-0.2, 0) is 18.4 Å². The van der Waals surface area contributed by atoms with Gasteiger partial charge < -0.3 is 0 Å². The zero-order chi connectivity index (χ0) is 29.3. The molecule has 2 nitrogen and oxygen atoms in total. The van der Waals surface area contributed by atoms with Gasteiger partial charge in [0.2, 0.25) is 6.33 Å². The van der Waals surface area contributed by atoms with Crippen molar-refractivity contribution in [1.82, 2.24) is 4.57 Å². The molecule has 0 bridgehead atoms. The fourth-order valence-corrected chi connectivity index (χ4v) is 6.71. The molecule has 4 rings (SSSR count). The second-order valence-electron chi connectivity index (χ2n) is 12.7. The van der Waals surface area contributed by atoms with Crippen LogP contribution in [0.2, 0.25) is 0 Å². The summed E-state index contributed by atoms with van der Waals surface area (Å²) in [4.78, 5) is 0. The highest BCUT2D eigenvalue weighted by molar-refractivity contribution is 5.31. The molecule has 3 aromatic carbocycles. The molecule has 0 saturated heterocycles. The molecular formula is C40H55N2+. The van der Waals surface area contributed by atoms with E-state index in [1.165, 1.54) is 100 Å². The third kappa shape index (κ3) is 10.0. The van der Waals surface area contributed by atoms with Crippen LogP contribution in [0.4, 0.5) is 0 Å². The second kappa shape index (κ2) is 17.7. The van der Waals surface area contributed by atoms with Crippen molar-refractivity contribution >= 4 is 0 Å². The minimum absolute atomic E-state index is 0.0238. The summed E-state index contributed by atoms with van der Waals surface area (Å²) in [6.45, 7) is 5.70. The van der Waals surface area contributed by atoms with Crippen molar-refractivity contribution in [3.63, 3.8) is 0 Å². The molecule has 0 N–H and O–H groups in total. The molecule has 0 amide bonds. The molecule has 0 radical (unpaired) electrons. The summed E-state index contributed by atoms with van der Waals surface area (Å²) >= 11 is 0. The average molecular weight is 564 g/mol. The van der Waals surface area contributed by atoms with Crippen molar-refractivity contribution in [3.05, 3.63) is 126 Å². The Balaban J connectivity index is 1.43. The number of nitrogens with zero attached hydrogens (tertiary/aromatic N) is 2. The van der Waals surface area contributed by atoms with Crippen LogP contribution in [0.1, 0.15) is 120 Å². The summed E-state index contributed by atoms with van der Waals surface area (Å²) in [5.41, 5.74) is 4.16. The van der Waals surface area contributed by atoms with Gasteiger partial charge in [0, 0.05) is 5.41 Å². The highest BCUT2D eigenvalue weighted by atomic mass is 15.1. The van der Waals surface area contributed by atoms with Crippen molar-refractivity contribution in [2.24, 2.45) is 0 Å². The Hall–Kier alpha value is -3.13. The van der Waals surface area contributed by atoms with E-state index < -0.39 is 0 Å². The van der Waals surface area contributed by atoms with Crippen LogP contribution in [-0.4, -0.2) is 4.57 Å². The molecule has 0 fully saturated rings. The molecule has 0 aliphatic heterocycles. The van der Waals surface area contributed by atoms with Gasteiger partial charge in [-0.15, -0.1) is 0 Å². The lowest BCUT2D eigenvalue weighted by atomic mass is 9.70. The Morgan fingerprint density at radius 2 is 1.12 bits per heavy atom. The van der Waals surface area contributed by atoms with Crippen LogP contribution in [0.5, 0.6) is 0 Å². The van der Waals surface area contributed by atoms with Crippen LogP contribution in [0, 0.1) is 0 Å². The predicted molar refractivity (Wildman–Crippen MR) is 179 cm³/mol. The SMILES string of the molecule is CCCCCCCCCCCCCCC(n1cc[n+](Cc2ccccc2)c1)C(C)(Cc1ccccc1)c1ccccc1. The van der Waals surface area contributed by atoms with Crippen LogP contribution in [0.25, 0.3) is 0 Å². The van der Waals surface area contributed by atoms with Gasteiger partial charge in [-0.05, 0) is 36.0 Å². The number of hydrogen-bond donors (Lipinski definition) is 0. The van der Waals surface area contributed by atoms with E-state index in [9.17, 15) is 0 Å². The number of benzene rings is 3. The number of hydrogen-bond acceptors (Lipinski definition) is 0. The Kier molecular flexibility index (Phi) is 13.4. The Bertz CT molecular complexity index is 1230. The lowest BCUT2D eigenvalue weighted by Gasteiger charge is -2.37. The van der Waals surface area contributed by atoms with Crippen molar-refractivity contribution in [2.45, 2.75) is 122 Å². The summed E-state index contributed by atoms with van der Waals surface area (Å²) in [5.74, 6) is 0. The Labute approximate surface area is 256 Å². The highest BCUT2D eigenvalue weighted by Gasteiger charge is 2.40. The monoisotopic (exact) mass is 563 g/mol. The molecule has 4 aromatic rings. The van der Waals surface area contributed by atoms with E-state index in [1.54, 1.807) is 0 Å². The van der Waals surface area contributed by atoms with Crippen LogP contribution >= 0.6 is 0 Å². The van der Waals surface area contributed by atoms with Crippen LogP contribution in [0.15, 0.2) is 110 Å². The largest absolute Gasteiger partial charge is 0.244 e. The Morgan fingerprint density at radius 1 is 0.619 bits per heavy atom. The summed E-state index contributed by atoms with van der Waals surface area (Å²) < 4.78 is 4.87. The molecule has 2 heteroatoms. The molecule has 0 aliphatic rings. The average Bonchev–Trinajstić information content (AvgIpc) is 3.48. The summed E-state index contributed by atoms with van der Waals surface area (Å²) in [7, 11) is 0. The normalized spacial score (nSPS) is 13.6. The second-order valence-corrected chi connectivity index (χ2v) is 12.7. The fraction of sp³-hybridized carbons (Fsp3) is 0.475. The third-order valence-electron chi connectivity index (χ3n) is 9.19. The lowest BCUT2D eigenvalue weighted by Crippen LogP contribution is -2.38. The molecule has 224 valence electrons. The molecule has 1 aromatic heterocycles. The predicted octanol–water partition coefficient (Wildman–Crippen LogP) is 10.7. The minimum atomic E-state index is -0.0238. The van der Waals surface area contributed by atoms with E-state index in [2.05, 4.69) is 133 Å². The van der Waals surface area contributed by atoms with Gasteiger partial charge in [0.05, 0.1) is 0 Å². The maximum absolute atomic E-state index is 2.53. The van der Waals surface area contributed by atoms with Gasteiger partial charge in [0.25, 0.3) is 0 Å². The van der Waals surface area contributed by atoms with Gasteiger partial charge in [-0.3, -0.25) is 0 Å². The first-order valence-electron chi connectivity index (χ1n) is 16.9. The summed E-state index contributed by atoms with van der Waals surface area (Å²) in [6.07, 6.45) is 25.8. The van der Waals surface area contributed by atoms with Crippen molar-refractivity contribution in [2.75, 3.05) is 0 Å². The molecule has 2 unspecified atom stereocenters. The van der Waals surface area contributed by atoms with E-state index in [0.717, 1.165) is 13.0 Å². The zero-order valence-electron chi connectivity index (χ0n) is 26.5. The molecule has 0 spiro atoms. The first-order chi connectivity index (χ1) is 20.7. The maximum Gasteiger partial charge on any atom is 0.244 e. The first-order valence-corrected chi connectivity index (χ1v) is 16.9. The van der Waals surface area contributed by atoms with E-state index in [1.807, 2.05) is 0 Å². The van der Waals surface area contributed by atoms with Crippen molar-refractivity contribution in [3.8, 4) is 0 Å². The highest BCUT2D eigenvalue weighted by Crippen LogP contribution is 2.41. The van der Waals surface area contributed by atoms with E-state index in [-0.39, 0.29) is 5.41 Å². The molecule has 0 aliphatic carbocycles. The molecule has 0 saturated carbocycles. The zero-order valence-corrected chi connectivity index (χ0v) is 26.5. The standard InChI is InChI=1S/C40H55N2/c1-3-4-5-6-7-8-9-10-11-12-13-23-30-39(42-32-31-41(35-42)34-37-26-19-15-20-27-37)40(2,38-28-21-16-22-29-38)33-36-24-17-14-18-25-36/h14-22,24-29,31-32,35,39H,3-13,23,30,33-34H2,1-2H3/q+1. The van der Waals surface area contributed by atoms with E-state index in [0.29, 0.717) is 6.04 Å². The number of unbranched alkanes of at least 4 members (excludes halogenated alkanes) is 11. The Morgan fingerprint density at radius 3 is 1.69 bits per heavy atom. The minimum Gasteiger partial charge on any atom is -0.233 e. The lowest BCUT2D eigenvalue weighted by molar-refractivity contribution is -0.688. The smallest absolute Gasteiger partial charge is 0.233 e. The molecular weight excluding hydrogens is 508 g/mol. The summed E-state index contributed by atoms with van der Waals surface area (Å²) in [5, 5.41) is 0. The van der Waals surface area contributed by atoms with Crippen LogP contribution < -0.4 is 4.57 Å². The topological polar surface area (TPSA) is 8.81 Å². The van der Waals surface area contributed by atoms with Gasteiger partial charge in [-0.2, -0.15) is 0 Å². The van der Waals surface area contributed by atoms with Gasteiger partial charge in [-0.1, -0.05) is 175 Å². The van der Waals surface area contributed by atoms with E-state index >= 15 is 0 Å².